The second kappa shape index (κ2) is 6.74. The number of para-hydroxylation sites is 1. The van der Waals surface area contributed by atoms with Gasteiger partial charge in [-0.3, -0.25) is 0 Å². The molecule has 0 atom stereocenters. The van der Waals surface area contributed by atoms with Crippen LogP contribution in [-0.4, -0.2) is 37.8 Å². The van der Waals surface area contributed by atoms with Gasteiger partial charge in [0.2, 0.25) is 0 Å². The topological polar surface area (TPSA) is 85.8 Å². The van der Waals surface area contributed by atoms with Crippen molar-refractivity contribution in [3.05, 3.63) is 47.9 Å². The largest absolute Gasteiger partial charge is 0.383 e. The number of anilines is 2. The van der Waals surface area contributed by atoms with Crippen LogP contribution in [0.3, 0.4) is 0 Å². The van der Waals surface area contributed by atoms with Crippen molar-refractivity contribution in [2.75, 3.05) is 23.7 Å². The minimum absolute atomic E-state index is 0.490. The molecule has 2 N–H and O–H groups in total. The van der Waals surface area contributed by atoms with E-state index in [-0.39, 0.29) is 0 Å². The average molecular weight is 373 g/mol. The van der Waals surface area contributed by atoms with Crippen molar-refractivity contribution in [3.63, 3.8) is 0 Å². The second-order valence-corrected chi connectivity index (χ2v) is 7.27. The summed E-state index contributed by atoms with van der Waals surface area (Å²) in [4.78, 5) is 16.0. The molecule has 0 aliphatic carbocycles. The Kier molecular flexibility index (Phi) is 4.07. The van der Waals surface area contributed by atoms with E-state index in [0.29, 0.717) is 12.4 Å². The number of aromatic nitrogens is 5. The van der Waals surface area contributed by atoms with Gasteiger partial charge in [0.05, 0.1) is 23.1 Å². The van der Waals surface area contributed by atoms with E-state index in [2.05, 4.69) is 46.1 Å². The Balaban J connectivity index is 1.66. The highest BCUT2D eigenvalue weighted by Crippen LogP contribution is 2.29. The molecular formula is C21H23N7. The van der Waals surface area contributed by atoms with Crippen molar-refractivity contribution in [1.82, 2.24) is 24.7 Å². The normalized spacial score (nSPS) is 14.4. The molecule has 3 aromatic heterocycles. The van der Waals surface area contributed by atoms with E-state index in [1.807, 2.05) is 10.7 Å². The lowest BCUT2D eigenvalue weighted by Crippen LogP contribution is -2.21. The molecule has 7 nitrogen and oxygen atoms in total. The number of pyridine rings is 1. The summed E-state index contributed by atoms with van der Waals surface area (Å²) in [5.74, 6) is 1.55. The fourth-order valence-electron chi connectivity index (χ4n) is 4.09. The third-order valence-corrected chi connectivity index (χ3v) is 5.47. The van der Waals surface area contributed by atoms with E-state index < -0.39 is 0 Å². The number of aryl methyl sites for hydroxylation is 1. The van der Waals surface area contributed by atoms with Gasteiger partial charge in [0.1, 0.15) is 18.0 Å². The van der Waals surface area contributed by atoms with Gasteiger partial charge in [-0.25, -0.2) is 19.6 Å². The van der Waals surface area contributed by atoms with Gasteiger partial charge in [-0.1, -0.05) is 25.1 Å². The predicted molar refractivity (Wildman–Crippen MR) is 111 cm³/mol. The van der Waals surface area contributed by atoms with Gasteiger partial charge in [-0.2, -0.15) is 5.10 Å². The number of hydrogen-bond acceptors (Lipinski definition) is 6. The minimum Gasteiger partial charge on any atom is -0.383 e. The van der Waals surface area contributed by atoms with Crippen LogP contribution in [0.2, 0.25) is 0 Å². The molecular weight excluding hydrogens is 350 g/mol. The Bertz CT molecular complexity index is 1160. The Morgan fingerprint density at radius 3 is 2.75 bits per heavy atom. The van der Waals surface area contributed by atoms with Crippen molar-refractivity contribution in [1.29, 1.82) is 0 Å². The van der Waals surface area contributed by atoms with Crippen molar-refractivity contribution in [2.45, 2.75) is 32.7 Å². The molecule has 0 saturated carbocycles. The van der Waals surface area contributed by atoms with Crippen molar-refractivity contribution >= 4 is 33.6 Å². The van der Waals surface area contributed by atoms with Crippen LogP contribution in [0.1, 0.15) is 31.0 Å². The SMILES string of the molecule is CCc1nn(Cc2cc3ccccc3nc2N2CCCC2)c2ncnc(N)c12. The molecule has 1 aliphatic heterocycles. The second-order valence-electron chi connectivity index (χ2n) is 7.27. The number of nitrogen functional groups attached to an aromatic ring is 1. The molecule has 7 heteroatoms. The summed E-state index contributed by atoms with van der Waals surface area (Å²) >= 11 is 0. The van der Waals surface area contributed by atoms with Gasteiger partial charge in [0.25, 0.3) is 0 Å². The van der Waals surface area contributed by atoms with Gasteiger partial charge >= 0.3 is 0 Å². The molecule has 0 spiro atoms. The van der Waals surface area contributed by atoms with Crippen LogP contribution in [0.4, 0.5) is 11.6 Å². The maximum absolute atomic E-state index is 6.12. The van der Waals surface area contributed by atoms with Gasteiger partial charge in [0.15, 0.2) is 5.65 Å². The van der Waals surface area contributed by atoms with E-state index in [9.17, 15) is 0 Å². The highest BCUT2D eigenvalue weighted by atomic mass is 15.3. The molecule has 1 saturated heterocycles. The summed E-state index contributed by atoms with van der Waals surface area (Å²) in [6.45, 7) is 4.78. The smallest absolute Gasteiger partial charge is 0.163 e. The molecule has 0 bridgehead atoms. The van der Waals surface area contributed by atoms with Gasteiger partial charge in [0, 0.05) is 24.0 Å². The summed E-state index contributed by atoms with van der Waals surface area (Å²) in [5.41, 5.74) is 10.0. The first kappa shape index (κ1) is 16.9. The number of hydrogen-bond donors (Lipinski definition) is 1. The highest BCUT2D eigenvalue weighted by molar-refractivity contribution is 5.88. The van der Waals surface area contributed by atoms with Gasteiger partial charge < -0.3 is 10.6 Å². The van der Waals surface area contributed by atoms with Crippen LogP contribution in [0, 0.1) is 0 Å². The molecule has 0 unspecified atom stereocenters. The number of nitrogens with zero attached hydrogens (tertiary/aromatic N) is 6. The molecule has 1 fully saturated rings. The lowest BCUT2D eigenvalue weighted by molar-refractivity contribution is 0.685. The van der Waals surface area contributed by atoms with Crippen LogP contribution < -0.4 is 10.6 Å². The zero-order chi connectivity index (χ0) is 19.1. The van der Waals surface area contributed by atoms with E-state index >= 15 is 0 Å². The number of nitrogens with two attached hydrogens (primary N) is 1. The van der Waals surface area contributed by atoms with Crippen LogP contribution in [0.25, 0.3) is 21.9 Å². The van der Waals surface area contributed by atoms with E-state index in [1.54, 1.807) is 0 Å². The quantitative estimate of drug-likeness (QED) is 0.591. The molecule has 142 valence electrons. The van der Waals surface area contributed by atoms with E-state index in [4.69, 9.17) is 15.8 Å². The molecule has 5 rings (SSSR count). The van der Waals surface area contributed by atoms with Crippen LogP contribution in [-0.2, 0) is 13.0 Å². The van der Waals surface area contributed by atoms with Crippen LogP contribution in [0.15, 0.2) is 36.7 Å². The molecule has 28 heavy (non-hydrogen) atoms. The third-order valence-electron chi connectivity index (χ3n) is 5.47. The number of benzene rings is 1. The Morgan fingerprint density at radius 1 is 1.11 bits per heavy atom. The fraction of sp³-hybridized carbons (Fsp3) is 0.333. The van der Waals surface area contributed by atoms with Gasteiger partial charge in [-0.05, 0) is 31.4 Å². The zero-order valence-electron chi connectivity index (χ0n) is 16.0. The van der Waals surface area contributed by atoms with E-state index in [1.165, 1.54) is 19.2 Å². The molecule has 4 heterocycles. The zero-order valence-corrected chi connectivity index (χ0v) is 16.0. The first-order valence-electron chi connectivity index (χ1n) is 9.84. The summed E-state index contributed by atoms with van der Waals surface area (Å²) in [6, 6.07) is 10.5. The summed E-state index contributed by atoms with van der Waals surface area (Å²) in [5, 5.41) is 6.80. The highest BCUT2D eigenvalue weighted by Gasteiger charge is 2.20. The molecule has 4 aromatic rings. The monoisotopic (exact) mass is 373 g/mol. The number of rotatable bonds is 4. The maximum Gasteiger partial charge on any atom is 0.163 e. The molecule has 0 radical (unpaired) electrons. The van der Waals surface area contributed by atoms with Crippen molar-refractivity contribution in [3.8, 4) is 0 Å². The molecule has 1 aromatic carbocycles. The predicted octanol–water partition coefficient (Wildman–Crippen LogP) is 3.17. The standard InChI is InChI=1S/C21H23N7/c1-2-16-18-19(22)23-13-24-21(18)28(26-16)12-15-11-14-7-3-4-8-17(14)25-20(15)27-9-5-6-10-27/h3-4,7-8,11,13H,2,5-6,9-10,12H2,1H3,(H2,22,23,24). The summed E-state index contributed by atoms with van der Waals surface area (Å²) in [6.07, 6.45) is 4.72. The summed E-state index contributed by atoms with van der Waals surface area (Å²) < 4.78 is 1.94. The molecule has 1 aliphatic rings. The molecule has 0 amide bonds. The summed E-state index contributed by atoms with van der Waals surface area (Å²) in [7, 11) is 0. The lowest BCUT2D eigenvalue weighted by Gasteiger charge is -2.21. The number of fused-ring (bicyclic) bond motifs is 2. The average Bonchev–Trinajstić information content (AvgIpc) is 3.37. The Labute approximate surface area is 163 Å². The van der Waals surface area contributed by atoms with Crippen LogP contribution >= 0.6 is 0 Å². The van der Waals surface area contributed by atoms with Crippen LogP contribution in [0.5, 0.6) is 0 Å². The fourth-order valence-corrected chi connectivity index (χ4v) is 4.09. The first-order valence-corrected chi connectivity index (χ1v) is 9.84. The Hall–Kier alpha value is -3.22. The van der Waals surface area contributed by atoms with E-state index in [0.717, 1.165) is 58.5 Å². The third kappa shape index (κ3) is 2.74. The van der Waals surface area contributed by atoms with Gasteiger partial charge in [-0.15, -0.1) is 0 Å². The van der Waals surface area contributed by atoms with Crippen molar-refractivity contribution in [2.24, 2.45) is 0 Å². The first-order chi connectivity index (χ1) is 13.7. The maximum atomic E-state index is 6.12. The Morgan fingerprint density at radius 2 is 1.93 bits per heavy atom. The minimum atomic E-state index is 0.490. The lowest BCUT2D eigenvalue weighted by atomic mass is 10.1. The van der Waals surface area contributed by atoms with Crippen molar-refractivity contribution < 1.29 is 0 Å².